The standard InChI is InChI=1S/C17H28N2O2/c1-12(2)15-8-7-13(3)16(11-15)21-14(4)17(20)19-10-6-9-18-5/h7-8,11-12,14,18H,6,9-10H2,1-5H3,(H,19,20). The molecule has 0 bridgehead atoms. The van der Waals surface area contributed by atoms with E-state index in [4.69, 9.17) is 4.74 Å². The van der Waals surface area contributed by atoms with E-state index in [0.717, 1.165) is 24.3 Å². The fraction of sp³-hybridized carbons (Fsp3) is 0.588. The maximum absolute atomic E-state index is 12.0. The predicted molar refractivity (Wildman–Crippen MR) is 86.9 cm³/mol. The highest BCUT2D eigenvalue weighted by atomic mass is 16.5. The van der Waals surface area contributed by atoms with E-state index in [9.17, 15) is 4.79 Å². The summed E-state index contributed by atoms with van der Waals surface area (Å²) in [5.74, 6) is 1.16. The molecule has 0 radical (unpaired) electrons. The highest BCUT2D eigenvalue weighted by Gasteiger charge is 2.15. The van der Waals surface area contributed by atoms with E-state index in [0.29, 0.717) is 12.5 Å². The Hall–Kier alpha value is -1.55. The van der Waals surface area contributed by atoms with Crippen LogP contribution in [0.4, 0.5) is 0 Å². The van der Waals surface area contributed by atoms with Crippen molar-refractivity contribution in [2.24, 2.45) is 0 Å². The number of carbonyl (C=O) groups is 1. The minimum atomic E-state index is -0.485. The molecule has 0 aliphatic carbocycles. The third-order valence-corrected chi connectivity index (χ3v) is 3.45. The molecule has 0 saturated heterocycles. The lowest BCUT2D eigenvalue weighted by atomic mass is 10.0. The van der Waals surface area contributed by atoms with Crippen LogP contribution >= 0.6 is 0 Å². The van der Waals surface area contributed by atoms with Crippen molar-refractivity contribution >= 4 is 5.91 Å². The largest absolute Gasteiger partial charge is 0.481 e. The van der Waals surface area contributed by atoms with Crippen LogP contribution in [0, 0.1) is 6.92 Å². The van der Waals surface area contributed by atoms with Crippen LogP contribution in [0.2, 0.25) is 0 Å². The average Bonchev–Trinajstić information content (AvgIpc) is 2.45. The first-order chi connectivity index (χ1) is 9.95. The van der Waals surface area contributed by atoms with Crippen molar-refractivity contribution < 1.29 is 9.53 Å². The molecule has 1 amide bonds. The summed E-state index contributed by atoms with van der Waals surface area (Å²) in [6.45, 7) is 9.63. The Morgan fingerprint density at radius 3 is 2.57 bits per heavy atom. The Morgan fingerprint density at radius 2 is 1.95 bits per heavy atom. The second-order valence-electron chi connectivity index (χ2n) is 5.69. The molecule has 0 aromatic heterocycles. The van der Waals surface area contributed by atoms with Gasteiger partial charge in [-0.05, 0) is 57.0 Å². The van der Waals surface area contributed by atoms with Gasteiger partial charge in [0.2, 0.25) is 0 Å². The van der Waals surface area contributed by atoms with Gasteiger partial charge in [-0.2, -0.15) is 0 Å². The zero-order chi connectivity index (χ0) is 15.8. The number of aryl methyl sites for hydroxylation is 1. The van der Waals surface area contributed by atoms with E-state index < -0.39 is 6.10 Å². The van der Waals surface area contributed by atoms with Gasteiger partial charge in [-0.1, -0.05) is 26.0 Å². The Balaban J connectivity index is 2.59. The summed E-state index contributed by atoms with van der Waals surface area (Å²) >= 11 is 0. The summed E-state index contributed by atoms with van der Waals surface area (Å²) in [5.41, 5.74) is 2.27. The quantitative estimate of drug-likeness (QED) is 0.724. The molecule has 4 heteroatoms. The highest BCUT2D eigenvalue weighted by molar-refractivity contribution is 5.80. The SMILES string of the molecule is CNCCCNC(=O)C(C)Oc1cc(C(C)C)ccc1C. The average molecular weight is 292 g/mol. The molecule has 2 N–H and O–H groups in total. The number of rotatable bonds is 8. The Kier molecular flexibility index (Phi) is 7.23. The molecular weight excluding hydrogens is 264 g/mol. The lowest BCUT2D eigenvalue weighted by Gasteiger charge is -2.18. The van der Waals surface area contributed by atoms with Gasteiger partial charge in [0.15, 0.2) is 6.10 Å². The van der Waals surface area contributed by atoms with E-state index in [1.165, 1.54) is 5.56 Å². The lowest BCUT2D eigenvalue weighted by Crippen LogP contribution is -2.37. The monoisotopic (exact) mass is 292 g/mol. The molecule has 118 valence electrons. The predicted octanol–water partition coefficient (Wildman–Crippen LogP) is 2.61. The van der Waals surface area contributed by atoms with Gasteiger partial charge in [0.25, 0.3) is 5.91 Å². The number of hydrogen-bond donors (Lipinski definition) is 2. The number of nitrogens with one attached hydrogen (secondary N) is 2. The van der Waals surface area contributed by atoms with Gasteiger partial charge >= 0.3 is 0 Å². The molecule has 0 saturated carbocycles. The van der Waals surface area contributed by atoms with Gasteiger partial charge in [0.05, 0.1) is 0 Å². The molecule has 1 aromatic rings. The molecule has 0 aliphatic rings. The summed E-state index contributed by atoms with van der Waals surface area (Å²) in [4.78, 5) is 12.0. The van der Waals surface area contributed by atoms with Crippen molar-refractivity contribution in [2.75, 3.05) is 20.1 Å². The van der Waals surface area contributed by atoms with Crippen LogP contribution in [0.5, 0.6) is 5.75 Å². The maximum atomic E-state index is 12.0. The molecule has 4 nitrogen and oxygen atoms in total. The van der Waals surface area contributed by atoms with Crippen LogP contribution < -0.4 is 15.4 Å². The fourth-order valence-electron chi connectivity index (χ4n) is 1.97. The van der Waals surface area contributed by atoms with Crippen LogP contribution in [-0.4, -0.2) is 32.1 Å². The van der Waals surface area contributed by atoms with E-state index in [1.807, 2.05) is 26.1 Å². The summed E-state index contributed by atoms with van der Waals surface area (Å²) in [5, 5.41) is 5.94. The van der Waals surface area contributed by atoms with Gasteiger partial charge in [-0.3, -0.25) is 4.79 Å². The fourth-order valence-corrected chi connectivity index (χ4v) is 1.97. The van der Waals surface area contributed by atoms with Crippen molar-refractivity contribution in [1.82, 2.24) is 10.6 Å². The van der Waals surface area contributed by atoms with Crippen molar-refractivity contribution in [3.8, 4) is 5.75 Å². The van der Waals surface area contributed by atoms with Gasteiger partial charge < -0.3 is 15.4 Å². The van der Waals surface area contributed by atoms with Crippen LogP contribution in [-0.2, 0) is 4.79 Å². The molecule has 0 spiro atoms. The number of hydrogen-bond acceptors (Lipinski definition) is 3. The zero-order valence-electron chi connectivity index (χ0n) is 13.8. The normalized spacial score (nSPS) is 12.3. The van der Waals surface area contributed by atoms with Gasteiger partial charge in [0.1, 0.15) is 5.75 Å². The lowest BCUT2D eigenvalue weighted by molar-refractivity contribution is -0.127. The summed E-state index contributed by atoms with van der Waals surface area (Å²) in [6.07, 6.45) is 0.428. The van der Waals surface area contributed by atoms with Crippen molar-refractivity contribution in [3.05, 3.63) is 29.3 Å². The minimum Gasteiger partial charge on any atom is -0.481 e. The molecule has 1 aromatic carbocycles. The van der Waals surface area contributed by atoms with Crippen LogP contribution in [0.1, 0.15) is 44.2 Å². The number of amides is 1. The summed E-state index contributed by atoms with van der Waals surface area (Å²) in [6, 6.07) is 6.18. The van der Waals surface area contributed by atoms with Crippen LogP contribution in [0.3, 0.4) is 0 Å². The van der Waals surface area contributed by atoms with E-state index in [1.54, 1.807) is 6.92 Å². The molecular formula is C17H28N2O2. The second kappa shape index (κ2) is 8.67. The van der Waals surface area contributed by atoms with E-state index >= 15 is 0 Å². The van der Waals surface area contributed by atoms with Crippen molar-refractivity contribution in [3.63, 3.8) is 0 Å². The third-order valence-electron chi connectivity index (χ3n) is 3.45. The minimum absolute atomic E-state index is 0.0690. The summed E-state index contributed by atoms with van der Waals surface area (Å²) < 4.78 is 5.83. The van der Waals surface area contributed by atoms with Gasteiger partial charge in [0, 0.05) is 6.54 Å². The van der Waals surface area contributed by atoms with Gasteiger partial charge in [-0.15, -0.1) is 0 Å². The number of benzene rings is 1. The maximum Gasteiger partial charge on any atom is 0.260 e. The van der Waals surface area contributed by atoms with Crippen molar-refractivity contribution in [2.45, 2.75) is 46.1 Å². The molecule has 1 atom stereocenters. The molecule has 21 heavy (non-hydrogen) atoms. The Morgan fingerprint density at radius 1 is 1.24 bits per heavy atom. The first-order valence-electron chi connectivity index (χ1n) is 7.65. The third kappa shape index (κ3) is 5.76. The van der Waals surface area contributed by atoms with E-state index in [2.05, 4.69) is 30.5 Å². The smallest absolute Gasteiger partial charge is 0.260 e. The van der Waals surface area contributed by atoms with E-state index in [-0.39, 0.29) is 5.91 Å². The molecule has 1 unspecified atom stereocenters. The number of carbonyl (C=O) groups excluding carboxylic acids is 1. The number of ether oxygens (including phenoxy) is 1. The Labute approximate surface area is 128 Å². The topological polar surface area (TPSA) is 50.4 Å². The van der Waals surface area contributed by atoms with Gasteiger partial charge in [-0.25, -0.2) is 0 Å². The first kappa shape index (κ1) is 17.5. The molecule has 1 rings (SSSR count). The molecule has 0 aliphatic heterocycles. The highest BCUT2D eigenvalue weighted by Crippen LogP contribution is 2.25. The van der Waals surface area contributed by atoms with Crippen LogP contribution in [0.25, 0.3) is 0 Å². The molecule has 0 heterocycles. The second-order valence-corrected chi connectivity index (χ2v) is 5.69. The van der Waals surface area contributed by atoms with Crippen molar-refractivity contribution in [1.29, 1.82) is 0 Å². The van der Waals surface area contributed by atoms with Crippen LogP contribution in [0.15, 0.2) is 18.2 Å². The zero-order valence-corrected chi connectivity index (χ0v) is 13.8. The molecule has 0 fully saturated rings. The summed E-state index contributed by atoms with van der Waals surface area (Å²) in [7, 11) is 1.90. The Bertz CT molecular complexity index is 458. The first-order valence-corrected chi connectivity index (χ1v) is 7.65.